The highest BCUT2D eigenvalue weighted by Gasteiger charge is 2.32. The maximum atomic E-state index is 11.9. The summed E-state index contributed by atoms with van der Waals surface area (Å²) in [4.78, 5) is 4.07. The number of pyridine rings is 1. The number of nitrogens with zero attached hydrogens (tertiary/aromatic N) is 3. The van der Waals surface area contributed by atoms with Gasteiger partial charge < -0.3 is 0 Å². The molecule has 5 nitrogen and oxygen atoms in total. The van der Waals surface area contributed by atoms with Gasteiger partial charge in [0.2, 0.25) is 0 Å². The Bertz CT molecular complexity index is 753. The molecule has 1 aliphatic rings. The van der Waals surface area contributed by atoms with Gasteiger partial charge in [-0.05, 0) is 25.0 Å². The molecule has 0 spiro atoms. The van der Waals surface area contributed by atoms with Crippen molar-refractivity contribution in [3.8, 4) is 5.82 Å². The molecule has 0 amide bonds. The third kappa shape index (κ3) is 2.80. The number of hydrogen-bond acceptors (Lipinski definition) is 4. The molecular formula is C13H13Cl2N3O2S. The predicted molar refractivity (Wildman–Crippen MR) is 80.6 cm³/mol. The fraction of sp³-hybridized carbons (Fsp3) is 0.385. The maximum Gasteiger partial charge on any atom is 0.266 e. The Morgan fingerprint density at radius 2 is 1.95 bits per heavy atom. The van der Waals surface area contributed by atoms with Gasteiger partial charge >= 0.3 is 0 Å². The topological polar surface area (TPSA) is 64.8 Å². The van der Waals surface area contributed by atoms with Crippen LogP contribution in [0.4, 0.5) is 0 Å². The van der Waals surface area contributed by atoms with Crippen molar-refractivity contribution in [2.75, 3.05) is 0 Å². The van der Waals surface area contributed by atoms with E-state index in [1.165, 1.54) is 4.68 Å². The van der Waals surface area contributed by atoms with Crippen LogP contribution in [-0.4, -0.2) is 23.2 Å². The molecule has 0 aromatic carbocycles. The third-order valence-electron chi connectivity index (χ3n) is 3.67. The van der Waals surface area contributed by atoms with Crippen LogP contribution < -0.4 is 0 Å². The molecule has 2 aromatic heterocycles. The van der Waals surface area contributed by atoms with Crippen molar-refractivity contribution < 1.29 is 8.42 Å². The quantitative estimate of drug-likeness (QED) is 0.798. The van der Waals surface area contributed by atoms with Crippen LogP contribution in [0.3, 0.4) is 0 Å². The molecule has 0 N–H and O–H groups in total. The molecule has 8 heteroatoms. The van der Waals surface area contributed by atoms with E-state index < -0.39 is 9.05 Å². The van der Waals surface area contributed by atoms with Gasteiger partial charge in [-0.1, -0.05) is 30.5 Å². The van der Waals surface area contributed by atoms with E-state index in [1.54, 1.807) is 24.4 Å². The molecule has 2 aromatic rings. The van der Waals surface area contributed by atoms with Crippen molar-refractivity contribution in [2.24, 2.45) is 0 Å². The summed E-state index contributed by atoms with van der Waals surface area (Å²) in [7, 11) is 1.60. The van der Waals surface area contributed by atoms with Gasteiger partial charge in [0.15, 0.2) is 11.0 Å². The third-order valence-corrected chi connectivity index (χ3v) is 5.48. The molecule has 0 bridgehead atoms. The number of aromatic nitrogens is 3. The molecule has 1 saturated carbocycles. The molecule has 112 valence electrons. The molecule has 0 radical (unpaired) electrons. The van der Waals surface area contributed by atoms with Crippen molar-refractivity contribution in [1.29, 1.82) is 0 Å². The first-order chi connectivity index (χ1) is 9.98. The van der Waals surface area contributed by atoms with E-state index in [0.29, 0.717) is 11.5 Å². The first-order valence-corrected chi connectivity index (χ1v) is 9.31. The zero-order valence-electron chi connectivity index (χ0n) is 11.0. The van der Waals surface area contributed by atoms with Crippen molar-refractivity contribution in [3.63, 3.8) is 0 Å². The first kappa shape index (κ1) is 14.8. The average Bonchev–Trinajstić information content (AvgIpc) is 3.05. The Labute approximate surface area is 132 Å². The predicted octanol–water partition coefficient (Wildman–Crippen LogP) is 3.51. The van der Waals surface area contributed by atoms with E-state index >= 15 is 0 Å². The van der Waals surface area contributed by atoms with Crippen molar-refractivity contribution >= 4 is 31.3 Å². The van der Waals surface area contributed by atoms with Crippen molar-refractivity contribution in [1.82, 2.24) is 14.8 Å². The summed E-state index contributed by atoms with van der Waals surface area (Å²) >= 11 is 6.22. The summed E-state index contributed by atoms with van der Waals surface area (Å²) in [5.74, 6) is 0.546. The van der Waals surface area contributed by atoms with E-state index in [1.807, 2.05) is 0 Å². The van der Waals surface area contributed by atoms with Gasteiger partial charge in [-0.15, -0.1) is 0 Å². The Morgan fingerprint density at radius 3 is 2.52 bits per heavy atom. The minimum atomic E-state index is -3.96. The molecule has 3 rings (SSSR count). The van der Waals surface area contributed by atoms with E-state index in [-0.39, 0.29) is 16.0 Å². The SMILES string of the molecule is O=S(=O)(Cl)c1c(C2CCCC2)nn(-c2ccccn2)c1Cl. The van der Waals surface area contributed by atoms with Gasteiger partial charge in [0.25, 0.3) is 9.05 Å². The summed E-state index contributed by atoms with van der Waals surface area (Å²) in [5, 5.41) is 4.38. The molecule has 0 atom stereocenters. The molecule has 21 heavy (non-hydrogen) atoms. The molecule has 1 fully saturated rings. The molecule has 0 saturated heterocycles. The smallest absolute Gasteiger partial charge is 0.237 e. The lowest BCUT2D eigenvalue weighted by atomic mass is 10.1. The average molecular weight is 346 g/mol. The summed E-state index contributed by atoms with van der Waals surface area (Å²) < 4.78 is 25.1. The molecule has 0 unspecified atom stereocenters. The van der Waals surface area contributed by atoms with Gasteiger partial charge in [-0.3, -0.25) is 0 Å². The zero-order valence-corrected chi connectivity index (χ0v) is 13.4. The monoisotopic (exact) mass is 345 g/mol. The lowest BCUT2D eigenvalue weighted by molar-refractivity contribution is 0.604. The fourth-order valence-electron chi connectivity index (χ4n) is 2.72. The second-order valence-electron chi connectivity index (χ2n) is 5.02. The lowest BCUT2D eigenvalue weighted by Gasteiger charge is -2.06. The van der Waals surface area contributed by atoms with E-state index in [9.17, 15) is 8.42 Å². The zero-order chi connectivity index (χ0) is 15.0. The Morgan fingerprint density at radius 1 is 1.24 bits per heavy atom. The van der Waals surface area contributed by atoms with Crippen LogP contribution in [0.1, 0.15) is 37.3 Å². The van der Waals surface area contributed by atoms with Crippen LogP contribution >= 0.6 is 22.3 Å². The minimum Gasteiger partial charge on any atom is -0.237 e. The number of hydrogen-bond donors (Lipinski definition) is 0. The van der Waals surface area contributed by atoms with Gasteiger partial charge in [0.05, 0.1) is 5.69 Å². The Hall–Kier alpha value is -1.11. The maximum absolute atomic E-state index is 11.9. The van der Waals surface area contributed by atoms with Crippen LogP contribution in [0.5, 0.6) is 0 Å². The molecule has 1 aliphatic carbocycles. The summed E-state index contributed by atoms with van der Waals surface area (Å²) in [6, 6.07) is 5.25. The largest absolute Gasteiger partial charge is 0.266 e. The molecular weight excluding hydrogens is 333 g/mol. The highest BCUT2D eigenvalue weighted by atomic mass is 35.7. The molecule has 2 heterocycles. The highest BCUT2D eigenvalue weighted by Crippen LogP contribution is 2.40. The van der Waals surface area contributed by atoms with E-state index in [0.717, 1.165) is 25.7 Å². The second kappa shape index (κ2) is 5.59. The van der Waals surface area contributed by atoms with E-state index in [2.05, 4.69) is 10.1 Å². The number of rotatable bonds is 3. The van der Waals surface area contributed by atoms with Crippen LogP contribution in [0.15, 0.2) is 29.3 Å². The Kier molecular flexibility index (Phi) is 3.94. The van der Waals surface area contributed by atoms with Gasteiger partial charge in [-0.2, -0.15) is 5.10 Å². The van der Waals surface area contributed by atoms with Crippen LogP contribution in [0, 0.1) is 0 Å². The normalized spacial score (nSPS) is 16.5. The van der Waals surface area contributed by atoms with Crippen LogP contribution in [-0.2, 0) is 9.05 Å². The standard InChI is InChI=1S/C13H13Cl2N3O2S/c14-13-12(21(15,19)20)11(9-5-1-2-6-9)17-18(13)10-7-3-4-8-16-10/h3-4,7-9H,1-2,5-6H2. The highest BCUT2D eigenvalue weighted by molar-refractivity contribution is 8.13. The summed E-state index contributed by atoms with van der Waals surface area (Å²) in [5.41, 5.74) is 0.457. The summed E-state index contributed by atoms with van der Waals surface area (Å²) in [6.45, 7) is 0. The van der Waals surface area contributed by atoms with Crippen LogP contribution in [0.25, 0.3) is 5.82 Å². The van der Waals surface area contributed by atoms with E-state index in [4.69, 9.17) is 22.3 Å². The first-order valence-electron chi connectivity index (χ1n) is 6.63. The van der Waals surface area contributed by atoms with Gasteiger partial charge in [-0.25, -0.2) is 18.1 Å². The van der Waals surface area contributed by atoms with Gasteiger partial charge in [0.1, 0.15) is 4.90 Å². The fourth-order valence-corrected chi connectivity index (χ4v) is 4.57. The minimum absolute atomic E-state index is 0.00870. The molecule has 0 aliphatic heterocycles. The van der Waals surface area contributed by atoms with Crippen LogP contribution in [0.2, 0.25) is 5.15 Å². The summed E-state index contributed by atoms with van der Waals surface area (Å²) in [6.07, 6.45) is 5.50. The van der Waals surface area contributed by atoms with Gasteiger partial charge in [0, 0.05) is 22.8 Å². The second-order valence-corrected chi connectivity index (χ2v) is 7.88. The Balaban J connectivity index is 2.20. The number of halogens is 2. The lowest BCUT2D eigenvalue weighted by Crippen LogP contribution is -2.01. The van der Waals surface area contributed by atoms with Crippen molar-refractivity contribution in [2.45, 2.75) is 36.5 Å². The van der Waals surface area contributed by atoms with Crippen molar-refractivity contribution in [3.05, 3.63) is 35.2 Å².